The summed E-state index contributed by atoms with van der Waals surface area (Å²) in [4.78, 5) is 20.6. The highest BCUT2D eigenvalue weighted by Gasteiger charge is 2.21. The van der Waals surface area contributed by atoms with Crippen LogP contribution in [0.1, 0.15) is 16.8 Å². The molecule has 6 nitrogen and oxygen atoms in total. The molecule has 1 aromatic rings. The maximum absolute atomic E-state index is 12.5. The largest absolute Gasteiger partial charge is 0.395 e. The van der Waals surface area contributed by atoms with Crippen molar-refractivity contribution in [3.05, 3.63) is 22.8 Å². The van der Waals surface area contributed by atoms with Crippen LogP contribution in [0.5, 0.6) is 0 Å². The second-order valence-electron chi connectivity index (χ2n) is 5.02. The van der Waals surface area contributed by atoms with Gasteiger partial charge in [-0.1, -0.05) is 11.6 Å². The SMILES string of the molecule is CNc1ncc(C(=O)N2CCCN(CCO)CC2)cc1Cl. The van der Waals surface area contributed by atoms with E-state index in [-0.39, 0.29) is 12.5 Å². The first-order valence-electron chi connectivity index (χ1n) is 7.11. The predicted octanol–water partition coefficient (Wildman–Crippen LogP) is 0.917. The third kappa shape index (κ3) is 4.06. The summed E-state index contributed by atoms with van der Waals surface area (Å²) in [6.07, 6.45) is 2.46. The molecule has 1 saturated heterocycles. The molecule has 2 rings (SSSR count). The van der Waals surface area contributed by atoms with Gasteiger partial charge in [0.1, 0.15) is 5.82 Å². The third-order valence-corrected chi connectivity index (χ3v) is 3.91. The van der Waals surface area contributed by atoms with Crippen LogP contribution in [0.3, 0.4) is 0 Å². The Kier molecular flexibility index (Phi) is 5.78. The van der Waals surface area contributed by atoms with Gasteiger partial charge in [-0.05, 0) is 19.0 Å². The first-order valence-corrected chi connectivity index (χ1v) is 7.49. The molecule has 0 spiro atoms. The van der Waals surface area contributed by atoms with Crippen LogP contribution >= 0.6 is 11.6 Å². The molecule has 1 aromatic heterocycles. The molecule has 1 fully saturated rings. The van der Waals surface area contributed by atoms with E-state index in [4.69, 9.17) is 16.7 Å². The molecular weight excluding hydrogens is 292 g/mol. The summed E-state index contributed by atoms with van der Waals surface area (Å²) < 4.78 is 0. The van der Waals surface area contributed by atoms with Gasteiger partial charge in [0.25, 0.3) is 5.91 Å². The van der Waals surface area contributed by atoms with E-state index >= 15 is 0 Å². The minimum absolute atomic E-state index is 0.0436. The Labute approximate surface area is 129 Å². The van der Waals surface area contributed by atoms with Crippen molar-refractivity contribution in [2.75, 3.05) is 51.7 Å². The minimum atomic E-state index is -0.0436. The molecule has 7 heteroatoms. The van der Waals surface area contributed by atoms with Gasteiger partial charge < -0.3 is 15.3 Å². The van der Waals surface area contributed by atoms with Gasteiger partial charge in [-0.25, -0.2) is 4.98 Å². The van der Waals surface area contributed by atoms with Crippen LogP contribution in [-0.2, 0) is 0 Å². The summed E-state index contributed by atoms with van der Waals surface area (Å²) in [5, 5.41) is 12.3. The Hall–Kier alpha value is -1.37. The van der Waals surface area contributed by atoms with E-state index < -0.39 is 0 Å². The van der Waals surface area contributed by atoms with Gasteiger partial charge in [-0.3, -0.25) is 9.69 Å². The molecule has 116 valence electrons. The minimum Gasteiger partial charge on any atom is -0.395 e. The van der Waals surface area contributed by atoms with Gasteiger partial charge in [0.2, 0.25) is 0 Å². The number of pyridine rings is 1. The van der Waals surface area contributed by atoms with Gasteiger partial charge in [0.05, 0.1) is 17.2 Å². The number of aliphatic hydroxyl groups is 1. The highest BCUT2D eigenvalue weighted by molar-refractivity contribution is 6.33. The average molecular weight is 313 g/mol. The Balaban J connectivity index is 2.04. The van der Waals surface area contributed by atoms with E-state index in [1.54, 1.807) is 19.3 Å². The second-order valence-corrected chi connectivity index (χ2v) is 5.42. The number of aromatic nitrogens is 1. The van der Waals surface area contributed by atoms with Gasteiger partial charge >= 0.3 is 0 Å². The lowest BCUT2D eigenvalue weighted by Crippen LogP contribution is -2.36. The van der Waals surface area contributed by atoms with Crippen LogP contribution in [0, 0.1) is 0 Å². The van der Waals surface area contributed by atoms with E-state index in [0.29, 0.717) is 36.0 Å². The topological polar surface area (TPSA) is 68.7 Å². The van der Waals surface area contributed by atoms with Crippen LogP contribution in [-0.4, -0.2) is 72.2 Å². The number of carbonyl (C=O) groups is 1. The van der Waals surface area contributed by atoms with E-state index in [1.807, 2.05) is 4.90 Å². The Bertz CT molecular complexity index is 498. The summed E-state index contributed by atoms with van der Waals surface area (Å²) in [5.41, 5.74) is 0.509. The molecule has 0 aliphatic carbocycles. The number of hydrogen-bond donors (Lipinski definition) is 2. The smallest absolute Gasteiger partial charge is 0.255 e. The molecule has 1 amide bonds. The fourth-order valence-corrected chi connectivity index (χ4v) is 2.72. The molecule has 0 aromatic carbocycles. The van der Waals surface area contributed by atoms with Crippen molar-refractivity contribution in [3.63, 3.8) is 0 Å². The van der Waals surface area contributed by atoms with Gasteiger partial charge in [-0.2, -0.15) is 0 Å². The molecule has 1 aliphatic rings. The third-order valence-electron chi connectivity index (χ3n) is 3.62. The van der Waals surface area contributed by atoms with Gasteiger partial charge in [0.15, 0.2) is 0 Å². The molecular formula is C14H21ClN4O2. The Morgan fingerprint density at radius 3 is 2.90 bits per heavy atom. The zero-order valence-corrected chi connectivity index (χ0v) is 12.9. The van der Waals surface area contributed by atoms with Crippen molar-refractivity contribution in [2.45, 2.75) is 6.42 Å². The Morgan fingerprint density at radius 2 is 2.24 bits per heavy atom. The van der Waals surface area contributed by atoms with Crippen LogP contribution in [0.2, 0.25) is 5.02 Å². The first-order chi connectivity index (χ1) is 10.2. The van der Waals surface area contributed by atoms with Crippen molar-refractivity contribution < 1.29 is 9.90 Å². The summed E-state index contributed by atoms with van der Waals surface area (Å²) in [7, 11) is 1.74. The van der Waals surface area contributed by atoms with E-state index in [0.717, 1.165) is 19.5 Å². The Morgan fingerprint density at radius 1 is 1.43 bits per heavy atom. The lowest BCUT2D eigenvalue weighted by Gasteiger charge is -2.21. The second kappa shape index (κ2) is 7.59. The number of rotatable bonds is 4. The zero-order chi connectivity index (χ0) is 15.2. The van der Waals surface area contributed by atoms with E-state index in [2.05, 4.69) is 15.2 Å². The highest BCUT2D eigenvalue weighted by Crippen LogP contribution is 2.20. The summed E-state index contributed by atoms with van der Waals surface area (Å²) >= 11 is 6.08. The maximum atomic E-state index is 12.5. The summed E-state index contributed by atoms with van der Waals surface area (Å²) in [6, 6.07) is 1.65. The number of amides is 1. The number of halogens is 1. The van der Waals surface area contributed by atoms with Crippen LogP contribution in [0.4, 0.5) is 5.82 Å². The summed E-state index contributed by atoms with van der Waals surface area (Å²) in [5.74, 6) is 0.524. The van der Waals surface area contributed by atoms with Crippen molar-refractivity contribution in [3.8, 4) is 0 Å². The number of nitrogens with one attached hydrogen (secondary N) is 1. The van der Waals surface area contributed by atoms with Crippen molar-refractivity contribution in [1.82, 2.24) is 14.8 Å². The molecule has 0 unspecified atom stereocenters. The zero-order valence-electron chi connectivity index (χ0n) is 12.2. The van der Waals surface area contributed by atoms with Crippen molar-refractivity contribution >= 4 is 23.3 Å². The number of carbonyl (C=O) groups excluding carboxylic acids is 1. The highest BCUT2D eigenvalue weighted by atomic mass is 35.5. The number of β-amino-alcohol motifs (C(OH)–C–C–N with tert-alkyl or cyclic N) is 1. The number of anilines is 1. The molecule has 2 N–H and O–H groups in total. The molecule has 21 heavy (non-hydrogen) atoms. The predicted molar refractivity (Wildman–Crippen MR) is 82.8 cm³/mol. The lowest BCUT2D eigenvalue weighted by molar-refractivity contribution is 0.0760. The average Bonchev–Trinajstić information content (AvgIpc) is 2.72. The standard InChI is InChI=1S/C14H21ClN4O2/c1-16-13-12(15)9-11(10-17-13)14(21)19-4-2-3-18(5-6-19)7-8-20/h9-10,20H,2-8H2,1H3,(H,16,17). The number of hydrogen-bond acceptors (Lipinski definition) is 5. The van der Waals surface area contributed by atoms with Gasteiger partial charge in [0, 0.05) is 39.4 Å². The quantitative estimate of drug-likeness (QED) is 0.865. The van der Waals surface area contributed by atoms with Crippen LogP contribution < -0.4 is 5.32 Å². The first kappa shape index (κ1) is 16.0. The normalized spacial score (nSPS) is 16.6. The molecule has 0 bridgehead atoms. The fraction of sp³-hybridized carbons (Fsp3) is 0.571. The number of aliphatic hydroxyl groups excluding tert-OH is 1. The lowest BCUT2D eigenvalue weighted by atomic mass is 10.2. The van der Waals surface area contributed by atoms with Crippen molar-refractivity contribution in [1.29, 1.82) is 0 Å². The van der Waals surface area contributed by atoms with E-state index in [9.17, 15) is 4.79 Å². The van der Waals surface area contributed by atoms with Crippen LogP contribution in [0.25, 0.3) is 0 Å². The van der Waals surface area contributed by atoms with Crippen molar-refractivity contribution in [2.24, 2.45) is 0 Å². The van der Waals surface area contributed by atoms with Gasteiger partial charge in [-0.15, -0.1) is 0 Å². The molecule has 0 atom stereocenters. The maximum Gasteiger partial charge on any atom is 0.255 e. The monoisotopic (exact) mass is 312 g/mol. The molecule has 1 aliphatic heterocycles. The number of nitrogens with zero attached hydrogens (tertiary/aromatic N) is 3. The molecule has 0 saturated carbocycles. The fourth-order valence-electron chi connectivity index (χ4n) is 2.46. The summed E-state index contributed by atoms with van der Waals surface area (Å²) in [6.45, 7) is 3.87. The molecule has 2 heterocycles. The molecule has 0 radical (unpaired) electrons. The van der Waals surface area contributed by atoms with Crippen LogP contribution in [0.15, 0.2) is 12.3 Å². The van der Waals surface area contributed by atoms with E-state index in [1.165, 1.54) is 0 Å².